The van der Waals surface area contributed by atoms with Gasteiger partial charge in [-0.3, -0.25) is 0 Å². The number of aromatic amines is 1. The van der Waals surface area contributed by atoms with Crippen molar-refractivity contribution < 1.29 is 9.90 Å². The van der Waals surface area contributed by atoms with Crippen LogP contribution in [0.15, 0.2) is 24.4 Å². The number of rotatable bonds is 5. The van der Waals surface area contributed by atoms with Gasteiger partial charge in [-0.05, 0) is 43.4 Å². The lowest BCUT2D eigenvalue weighted by Crippen LogP contribution is -2.43. The summed E-state index contributed by atoms with van der Waals surface area (Å²) in [6.45, 7) is 3.35. The standard InChI is InChI=1S/C20H29N3O2/c1-14-6-5-8-17-19(14)15(12-22-17)10-11-21-20(25)23(2)13-16-7-3-4-9-18(16)24/h5-6,8,12,16,18,22,24H,3-4,7,9-11,13H2,1-2H3,(H,21,25). The van der Waals surface area contributed by atoms with E-state index in [2.05, 4.69) is 29.4 Å². The fraction of sp³-hybridized carbons (Fsp3) is 0.550. The molecule has 2 unspecified atom stereocenters. The van der Waals surface area contributed by atoms with E-state index in [4.69, 9.17) is 0 Å². The average Bonchev–Trinajstić information content (AvgIpc) is 3.01. The second-order valence-electron chi connectivity index (χ2n) is 7.29. The van der Waals surface area contributed by atoms with Crippen LogP contribution >= 0.6 is 0 Å². The second-order valence-corrected chi connectivity index (χ2v) is 7.29. The molecule has 2 atom stereocenters. The Morgan fingerprint density at radius 2 is 2.16 bits per heavy atom. The topological polar surface area (TPSA) is 68.4 Å². The fourth-order valence-electron chi connectivity index (χ4n) is 3.92. The summed E-state index contributed by atoms with van der Waals surface area (Å²) in [5.74, 6) is 0.209. The summed E-state index contributed by atoms with van der Waals surface area (Å²) in [5, 5.41) is 14.3. The van der Waals surface area contributed by atoms with E-state index < -0.39 is 0 Å². The molecule has 0 radical (unpaired) electrons. The SMILES string of the molecule is Cc1cccc2[nH]cc(CCNC(=O)N(C)CC3CCCCC3O)c12. The molecule has 2 aromatic rings. The van der Waals surface area contributed by atoms with Crippen LogP contribution in [0.4, 0.5) is 4.79 Å². The van der Waals surface area contributed by atoms with Crippen molar-refractivity contribution in [3.63, 3.8) is 0 Å². The highest BCUT2D eigenvalue weighted by atomic mass is 16.3. The summed E-state index contributed by atoms with van der Waals surface area (Å²) < 4.78 is 0. The van der Waals surface area contributed by atoms with Crippen LogP contribution < -0.4 is 5.32 Å². The number of H-pyrrole nitrogens is 1. The van der Waals surface area contributed by atoms with Gasteiger partial charge in [0.15, 0.2) is 0 Å². The van der Waals surface area contributed by atoms with Crippen molar-refractivity contribution in [2.24, 2.45) is 5.92 Å². The van der Waals surface area contributed by atoms with Crippen LogP contribution in [0.5, 0.6) is 0 Å². The highest BCUT2D eigenvalue weighted by Crippen LogP contribution is 2.25. The van der Waals surface area contributed by atoms with Crippen molar-refractivity contribution in [2.75, 3.05) is 20.1 Å². The quantitative estimate of drug-likeness (QED) is 0.780. The van der Waals surface area contributed by atoms with E-state index in [0.29, 0.717) is 13.1 Å². The molecule has 3 rings (SSSR count). The third-order valence-corrected chi connectivity index (χ3v) is 5.39. The molecule has 1 aliphatic carbocycles. The normalized spacial score (nSPS) is 20.6. The van der Waals surface area contributed by atoms with Gasteiger partial charge in [-0.15, -0.1) is 0 Å². The van der Waals surface area contributed by atoms with E-state index in [-0.39, 0.29) is 18.1 Å². The second kappa shape index (κ2) is 7.91. The minimum Gasteiger partial charge on any atom is -0.393 e. The Balaban J connectivity index is 1.50. The van der Waals surface area contributed by atoms with Crippen LogP contribution in [0.2, 0.25) is 0 Å². The van der Waals surface area contributed by atoms with Gasteiger partial charge in [0.2, 0.25) is 0 Å². The van der Waals surface area contributed by atoms with Crippen molar-refractivity contribution in [3.05, 3.63) is 35.5 Å². The maximum atomic E-state index is 12.3. The minimum absolute atomic E-state index is 0.0608. The molecule has 1 aromatic heterocycles. The lowest BCUT2D eigenvalue weighted by Gasteiger charge is -2.31. The molecule has 1 aromatic carbocycles. The predicted octanol–water partition coefficient (Wildman–Crippen LogP) is 3.21. The van der Waals surface area contributed by atoms with E-state index >= 15 is 0 Å². The Kier molecular flexibility index (Phi) is 5.63. The number of carbonyl (C=O) groups is 1. The van der Waals surface area contributed by atoms with Crippen LogP contribution in [-0.4, -0.2) is 47.3 Å². The molecule has 0 saturated heterocycles. The van der Waals surface area contributed by atoms with E-state index in [1.54, 1.807) is 4.90 Å². The molecule has 5 nitrogen and oxygen atoms in total. The number of aliphatic hydroxyl groups excluding tert-OH is 1. The first-order chi connectivity index (χ1) is 12.1. The summed E-state index contributed by atoms with van der Waals surface area (Å²) in [6, 6.07) is 6.18. The van der Waals surface area contributed by atoms with Crippen LogP contribution in [0.1, 0.15) is 36.8 Å². The van der Waals surface area contributed by atoms with Crippen molar-refractivity contribution >= 4 is 16.9 Å². The van der Waals surface area contributed by atoms with Crippen LogP contribution in [-0.2, 0) is 6.42 Å². The molecule has 1 fully saturated rings. The molecule has 0 spiro atoms. The van der Waals surface area contributed by atoms with Crippen molar-refractivity contribution in [3.8, 4) is 0 Å². The van der Waals surface area contributed by atoms with E-state index in [0.717, 1.165) is 37.6 Å². The third-order valence-electron chi connectivity index (χ3n) is 5.39. The zero-order valence-electron chi connectivity index (χ0n) is 15.2. The Labute approximate surface area is 149 Å². The van der Waals surface area contributed by atoms with E-state index in [9.17, 15) is 9.90 Å². The summed E-state index contributed by atoms with van der Waals surface area (Å²) in [7, 11) is 1.81. The van der Waals surface area contributed by atoms with Gasteiger partial charge in [-0.1, -0.05) is 25.0 Å². The van der Waals surface area contributed by atoms with Gasteiger partial charge in [0.25, 0.3) is 0 Å². The lowest BCUT2D eigenvalue weighted by molar-refractivity contribution is 0.0565. The monoisotopic (exact) mass is 343 g/mol. The first-order valence-corrected chi connectivity index (χ1v) is 9.29. The predicted molar refractivity (Wildman–Crippen MR) is 101 cm³/mol. The van der Waals surface area contributed by atoms with Gasteiger partial charge in [-0.25, -0.2) is 4.79 Å². The molecule has 136 valence electrons. The van der Waals surface area contributed by atoms with Crippen molar-refractivity contribution in [1.82, 2.24) is 15.2 Å². The molecule has 1 heterocycles. The number of hydrogen-bond donors (Lipinski definition) is 3. The van der Waals surface area contributed by atoms with Crippen LogP contribution in [0.3, 0.4) is 0 Å². The molecular formula is C20H29N3O2. The molecule has 0 bridgehead atoms. The summed E-state index contributed by atoms with van der Waals surface area (Å²) in [5.41, 5.74) is 3.63. The number of aliphatic hydroxyl groups is 1. The fourth-order valence-corrected chi connectivity index (χ4v) is 3.92. The Hall–Kier alpha value is -2.01. The average molecular weight is 343 g/mol. The lowest BCUT2D eigenvalue weighted by atomic mass is 9.86. The number of fused-ring (bicyclic) bond motifs is 1. The van der Waals surface area contributed by atoms with Gasteiger partial charge in [-0.2, -0.15) is 0 Å². The number of aromatic nitrogens is 1. The molecule has 1 saturated carbocycles. The Bertz CT molecular complexity index is 725. The number of carbonyl (C=O) groups excluding carboxylic acids is 1. The number of urea groups is 1. The van der Waals surface area contributed by atoms with Crippen molar-refractivity contribution in [2.45, 2.75) is 45.1 Å². The number of nitrogens with one attached hydrogen (secondary N) is 2. The van der Waals surface area contributed by atoms with Crippen LogP contribution in [0, 0.1) is 12.8 Å². The van der Waals surface area contributed by atoms with Gasteiger partial charge in [0.05, 0.1) is 6.10 Å². The summed E-state index contributed by atoms with van der Waals surface area (Å²) >= 11 is 0. The largest absolute Gasteiger partial charge is 0.393 e. The zero-order valence-corrected chi connectivity index (χ0v) is 15.2. The number of hydrogen-bond acceptors (Lipinski definition) is 2. The Morgan fingerprint density at radius 3 is 2.96 bits per heavy atom. The smallest absolute Gasteiger partial charge is 0.317 e. The maximum absolute atomic E-state index is 12.3. The van der Waals surface area contributed by atoms with Gasteiger partial charge in [0.1, 0.15) is 0 Å². The summed E-state index contributed by atoms with van der Waals surface area (Å²) in [4.78, 5) is 17.3. The zero-order chi connectivity index (χ0) is 17.8. The van der Waals surface area contributed by atoms with Gasteiger partial charge < -0.3 is 20.3 Å². The molecule has 2 amide bonds. The third kappa shape index (κ3) is 4.15. The number of aryl methyl sites for hydroxylation is 1. The first kappa shape index (κ1) is 17.8. The number of benzene rings is 1. The summed E-state index contributed by atoms with van der Waals surface area (Å²) in [6.07, 6.45) is 6.68. The van der Waals surface area contributed by atoms with E-state index in [1.165, 1.54) is 16.5 Å². The molecule has 25 heavy (non-hydrogen) atoms. The van der Waals surface area contributed by atoms with Gasteiger partial charge >= 0.3 is 6.03 Å². The molecule has 1 aliphatic rings. The van der Waals surface area contributed by atoms with Crippen molar-refractivity contribution in [1.29, 1.82) is 0 Å². The minimum atomic E-state index is -0.266. The van der Waals surface area contributed by atoms with Crippen LogP contribution in [0.25, 0.3) is 10.9 Å². The molecule has 0 aliphatic heterocycles. The first-order valence-electron chi connectivity index (χ1n) is 9.29. The maximum Gasteiger partial charge on any atom is 0.317 e. The highest BCUT2D eigenvalue weighted by molar-refractivity contribution is 5.86. The number of amides is 2. The molecular weight excluding hydrogens is 314 g/mol. The van der Waals surface area contributed by atoms with E-state index in [1.807, 2.05) is 19.3 Å². The highest BCUT2D eigenvalue weighted by Gasteiger charge is 2.25. The molecule has 5 heteroatoms. The van der Waals surface area contributed by atoms with Gasteiger partial charge in [0, 0.05) is 43.2 Å². The molecule has 3 N–H and O–H groups in total. The number of nitrogens with zero attached hydrogens (tertiary/aromatic N) is 1. The Morgan fingerprint density at radius 1 is 1.36 bits per heavy atom.